The fourth-order valence-electron chi connectivity index (χ4n) is 1.80. The van der Waals surface area contributed by atoms with E-state index in [1.165, 1.54) is 0 Å². The number of nitrogens with one attached hydrogen (secondary N) is 2. The van der Waals surface area contributed by atoms with E-state index < -0.39 is 0 Å². The molecule has 94 valence electrons. The summed E-state index contributed by atoms with van der Waals surface area (Å²) in [7, 11) is 0. The molecule has 2 N–H and O–H groups in total. The Morgan fingerprint density at radius 2 is 2.06 bits per heavy atom. The van der Waals surface area contributed by atoms with Crippen molar-refractivity contribution >= 4 is 28.2 Å². The predicted octanol–water partition coefficient (Wildman–Crippen LogP) is 2.61. The van der Waals surface area contributed by atoms with Crippen molar-refractivity contribution in [3.63, 3.8) is 0 Å². The van der Waals surface area contributed by atoms with Crippen molar-refractivity contribution in [1.29, 1.82) is 0 Å². The van der Waals surface area contributed by atoms with E-state index in [9.17, 15) is 0 Å². The van der Waals surface area contributed by atoms with Crippen molar-refractivity contribution in [3.8, 4) is 0 Å². The number of fused-ring (bicyclic) bond motifs is 1. The molecule has 0 spiro atoms. The molecule has 0 radical (unpaired) electrons. The van der Waals surface area contributed by atoms with Gasteiger partial charge in [-0.3, -0.25) is 4.98 Å². The van der Waals surface area contributed by atoms with Gasteiger partial charge in [0.1, 0.15) is 0 Å². The zero-order valence-electron chi connectivity index (χ0n) is 10.6. The van der Waals surface area contributed by atoms with Crippen molar-refractivity contribution < 1.29 is 0 Å². The average molecular weight is 259 g/mol. The van der Waals surface area contributed by atoms with Crippen LogP contribution in [0.4, 0.5) is 0 Å². The van der Waals surface area contributed by atoms with Gasteiger partial charge in [-0.2, -0.15) is 0 Å². The quantitative estimate of drug-likeness (QED) is 0.831. The van der Waals surface area contributed by atoms with Crippen LogP contribution in [0.5, 0.6) is 0 Å². The van der Waals surface area contributed by atoms with Crippen LogP contribution in [-0.2, 0) is 6.54 Å². The Morgan fingerprint density at radius 1 is 1.28 bits per heavy atom. The average Bonchev–Trinajstić information content (AvgIpc) is 2.35. The van der Waals surface area contributed by atoms with Gasteiger partial charge in [-0.15, -0.1) is 0 Å². The number of nitrogens with zero attached hydrogens (tertiary/aromatic N) is 1. The molecule has 4 heteroatoms. The van der Waals surface area contributed by atoms with E-state index in [1.54, 1.807) is 0 Å². The molecule has 0 amide bonds. The summed E-state index contributed by atoms with van der Waals surface area (Å²) in [6, 6.07) is 10.5. The molecule has 18 heavy (non-hydrogen) atoms. The van der Waals surface area contributed by atoms with Crippen molar-refractivity contribution in [2.24, 2.45) is 0 Å². The standard InChI is InChI=1S/C14H17N3S/c1-10(2)17-14(18)16-9-12-6-3-5-11-7-4-8-15-13(11)12/h3-8,10H,9H2,1-2H3,(H2,16,17,18). The second-order valence-corrected chi connectivity index (χ2v) is 4.88. The monoisotopic (exact) mass is 259 g/mol. The number of hydrogen-bond donors (Lipinski definition) is 2. The minimum atomic E-state index is 0.343. The molecule has 0 atom stereocenters. The number of aromatic nitrogens is 1. The number of benzene rings is 1. The van der Waals surface area contributed by atoms with Gasteiger partial charge in [0, 0.05) is 24.2 Å². The highest BCUT2D eigenvalue weighted by Crippen LogP contribution is 2.15. The molecule has 0 aliphatic rings. The molecule has 2 rings (SSSR count). The first-order chi connectivity index (χ1) is 8.66. The number of pyridine rings is 1. The smallest absolute Gasteiger partial charge is 0.166 e. The largest absolute Gasteiger partial charge is 0.361 e. The number of hydrogen-bond acceptors (Lipinski definition) is 2. The Labute approximate surface area is 113 Å². The summed E-state index contributed by atoms with van der Waals surface area (Å²) in [4.78, 5) is 4.42. The fraction of sp³-hybridized carbons (Fsp3) is 0.286. The fourth-order valence-corrected chi connectivity index (χ4v) is 2.11. The third kappa shape index (κ3) is 3.17. The Bertz CT molecular complexity index is 546. The van der Waals surface area contributed by atoms with Crippen LogP contribution in [0, 0.1) is 0 Å². The third-order valence-electron chi connectivity index (χ3n) is 2.58. The van der Waals surface area contributed by atoms with E-state index in [4.69, 9.17) is 12.2 Å². The first-order valence-electron chi connectivity index (χ1n) is 6.04. The lowest BCUT2D eigenvalue weighted by Gasteiger charge is -2.13. The van der Waals surface area contributed by atoms with Crippen LogP contribution in [0.1, 0.15) is 19.4 Å². The molecule has 0 aliphatic heterocycles. The molecule has 2 aromatic rings. The van der Waals surface area contributed by atoms with Crippen LogP contribution in [0.3, 0.4) is 0 Å². The van der Waals surface area contributed by atoms with Crippen molar-refractivity contribution in [1.82, 2.24) is 15.6 Å². The van der Waals surface area contributed by atoms with Gasteiger partial charge in [0.05, 0.1) is 5.52 Å². The van der Waals surface area contributed by atoms with Crippen LogP contribution in [-0.4, -0.2) is 16.1 Å². The van der Waals surface area contributed by atoms with Crippen LogP contribution in [0.25, 0.3) is 10.9 Å². The van der Waals surface area contributed by atoms with E-state index in [0.29, 0.717) is 17.7 Å². The maximum atomic E-state index is 5.21. The lowest BCUT2D eigenvalue weighted by atomic mass is 10.1. The van der Waals surface area contributed by atoms with E-state index in [1.807, 2.05) is 18.3 Å². The Morgan fingerprint density at radius 3 is 2.83 bits per heavy atom. The summed E-state index contributed by atoms with van der Waals surface area (Å²) in [5.74, 6) is 0. The molecule has 0 fully saturated rings. The van der Waals surface area contributed by atoms with Gasteiger partial charge < -0.3 is 10.6 Å². The third-order valence-corrected chi connectivity index (χ3v) is 2.84. The summed E-state index contributed by atoms with van der Waals surface area (Å²) in [5, 5.41) is 8.19. The second kappa shape index (κ2) is 5.78. The Kier molecular flexibility index (Phi) is 4.10. The highest BCUT2D eigenvalue weighted by Gasteiger charge is 2.03. The molecule has 1 aromatic heterocycles. The zero-order chi connectivity index (χ0) is 13.0. The van der Waals surface area contributed by atoms with Gasteiger partial charge in [0.2, 0.25) is 0 Å². The molecule has 0 bridgehead atoms. The summed E-state index contributed by atoms with van der Waals surface area (Å²) in [5.41, 5.74) is 2.18. The van der Waals surface area contributed by atoms with Crippen LogP contribution in [0.15, 0.2) is 36.5 Å². The first kappa shape index (κ1) is 12.8. The summed E-state index contributed by atoms with van der Waals surface area (Å²) >= 11 is 5.21. The maximum Gasteiger partial charge on any atom is 0.166 e. The summed E-state index contributed by atoms with van der Waals surface area (Å²) in [6.07, 6.45) is 1.82. The molecule has 3 nitrogen and oxygen atoms in total. The lowest BCUT2D eigenvalue weighted by molar-refractivity contribution is 0.713. The van der Waals surface area contributed by atoms with E-state index in [-0.39, 0.29) is 0 Å². The maximum absolute atomic E-state index is 5.21. The van der Waals surface area contributed by atoms with Crippen molar-refractivity contribution in [2.75, 3.05) is 0 Å². The van der Waals surface area contributed by atoms with Crippen LogP contribution >= 0.6 is 12.2 Å². The van der Waals surface area contributed by atoms with Gasteiger partial charge in [0.25, 0.3) is 0 Å². The first-order valence-corrected chi connectivity index (χ1v) is 6.44. The minimum Gasteiger partial charge on any atom is -0.361 e. The Balaban J connectivity index is 2.10. The number of rotatable bonds is 3. The second-order valence-electron chi connectivity index (χ2n) is 4.47. The SMILES string of the molecule is CC(C)NC(=S)NCc1cccc2cccnc12. The summed E-state index contributed by atoms with van der Waals surface area (Å²) < 4.78 is 0. The van der Waals surface area contributed by atoms with E-state index in [0.717, 1.165) is 16.5 Å². The highest BCUT2D eigenvalue weighted by atomic mass is 32.1. The van der Waals surface area contributed by atoms with Gasteiger partial charge in [-0.05, 0) is 37.7 Å². The lowest BCUT2D eigenvalue weighted by Crippen LogP contribution is -2.38. The molecular weight excluding hydrogens is 242 g/mol. The van der Waals surface area contributed by atoms with Gasteiger partial charge in [0.15, 0.2) is 5.11 Å². The van der Waals surface area contributed by atoms with Gasteiger partial charge in [-0.1, -0.05) is 24.3 Å². The molecule has 0 aliphatic carbocycles. The van der Waals surface area contributed by atoms with Crippen LogP contribution in [0.2, 0.25) is 0 Å². The number of para-hydroxylation sites is 1. The van der Waals surface area contributed by atoms with Gasteiger partial charge in [-0.25, -0.2) is 0 Å². The van der Waals surface area contributed by atoms with Crippen molar-refractivity contribution in [2.45, 2.75) is 26.4 Å². The molecule has 0 saturated carbocycles. The topological polar surface area (TPSA) is 37.0 Å². The highest BCUT2D eigenvalue weighted by molar-refractivity contribution is 7.80. The molecule has 1 aromatic carbocycles. The Hall–Kier alpha value is -1.68. The molecule has 0 unspecified atom stereocenters. The molecular formula is C14H17N3S. The molecule has 0 saturated heterocycles. The normalized spacial score (nSPS) is 10.6. The van der Waals surface area contributed by atoms with Gasteiger partial charge >= 0.3 is 0 Å². The van der Waals surface area contributed by atoms with E-state index in [2.05, 4.69) is 47.7 Å². The predicted molar refractivity (Wildman–Crippen MR) is 79.5 cm³/mol. The molecule has 1 heterocycles. The van der Waals surface area contributed by atoms with Crippen molar-refractivity contribution in [3.05, 3.63) is 42.1 Å². The number of thiocarbonyl (C=S) groups is 1. The summed E-state index contributed by atoms with van der Waals surface area (Å²) in [6.45, 7) is 4.81. The minimum absolute atomic E-state index is 0.343. The van der Waals surface area contributed by atoms with E-state index >= 15 is 0 Å². The zero-order valence-corrected chi connectivity index (χ0v) is 11.4. The van der Waals surface area contributed by atoms with Crippen LogP contribution < -0.4 is 10.6 Å².